The van der Waals surface area contributed by atoms with Crippen LogP contribution >= 0.6 is 0 Å². The van der Waals surface area contributed by atoms with Crippen LogP contribution in [0.1, 0.15) is 18.4 Å². The van der Waals surface area contributed by atoms with Gasteiger partial charge >= 0.3 is 0 Å². The Labute approximate surface area is 140 Å². The first-order chi connectivity index (χ1) is 11.6. The number of hydrogen-bond acceptors (Lipinski definition) is 3. The number of likely N-dealkylation sites (tertiary alicyclic amines) is 1. The second kappa shape index (κ2) is 5.89. The molecule has 1 aromatic carbocycles. The van der Waals surface area contributed by atoms with Crippen molar-refractivity contribution >= 4 is 17.7 Å². The summed E-state index contributed by atoms with van der Waals surface area (Å²) in [7, 11) is 0. The third-order valence-electron chi connectivity index (χ3n) is 5.48. The average Bonchev–Trinajstić information content (AvgIpc) is 2.89. The molecule has 5 rings (SSSR count). The van der Waals surface area contributed by atoms with Crippen LogP contribution in [-0.4, -0.2) is 29.2 Å². The fraction of sp³-hybridized carbons (Fsp3) is 0.421. The van der Waals surface area contributed by atoms with E-state index in [2.05, 4.69) is 17.5 Å². The maximum atomic E-state index is 12.6. The molecule has 3 amide bonds. The topological polar surface area (TPSA) is 66.5 Å². The molecule has 3 aliphatic carbocycles. The quantitative estimate of drug-likeness (QED) is 0.674. The Morgan fingerprint density at radius 1 is 1.00 bits per heavy atom. The largest absolute Gasteiger partial charge is 0.350 e. The van der Waals surface area contributed by atoms with Crippen LogP contribution in [0.15, 0.2) is 42.5 Å². The smallest absolute Gasteiger partial charge is 0.240 e. The van der Waals surface area contributed by atoms with Crippen LogP contribution in [-0.2, 0) is 20.9 Å². The molecular formula is C19H20N2O3. The van der Waals surface area contributed by atoms with E-state index in [1.807, 2.05) is 30.3 Å². The van der Waals surface area contributed by atoms with E-state index >= 15 is 0 Å². The number of imide groups is 1. The fourth-order valence-corrected chi connectivity index (χ4v) is 4.29. The normalized spacial score (nSPS) is 30.6. The second-order valence-electron chi connectivity index (χ2n) is 6.87. The van der Waals surface area contributed by atoms with Gasteiger partial charge in [-0.1, -0.05) is 42.5 Å². The van der Waals surface area contributed by atoms with Gasteiger partial charge in [-0.2, -0.15) is 0 Å². The average molecular weight is 324 g/mol. The molecule has 1 aromatic rings. The fourth-order valence-electron chi connectivity index (χ4n) is 4.29. The summed E-state index contributed by atoms with van der Waals surface area (Å²) in [5, 5.41) is 2.79. The van der Waals surface area contributed by atoms with E-state index in [0.717, 1.165) is 18.4 Å². The highest BCUT2D eigenvalue weighted by molar-refractivity contribution is 6.08. The Morgan fingerprint density at radius 3 is 2.12 bits per heavy atom. The minimum atomic E-state index is -0.292. The molecule has 4 aliphatic rings. The van der Waals surface area contributed by atoms with Crippen LogP contribution in [0.2, 0.25) is 0 Å². The monoisotopic (exact) mass is 324 g/mol. The van der Waals surface area contributed by atoms with Gasteiger partial charge in [0.25, 0.3) is 0 Å². The number of hydrogen-bond donors (Lipinski definition) is 1. The van der Waals surface area contributed by atoms with Crippen LogP contribution in [0.5, 0.6) is 0 Å². The summed E-state index contributed by atoms with van der Waals surface area (Å²) in [5.74, 6) is -0.800. The van der Waals surface area contributed by atoms with Gasteiger partial charge in [-0.3, -0.25) is 19.3 Å². The molecule has 2 bridgehead atoms. The Balaban J connectivity index is 1.41. The number of nitrogens with zero attached hydrogens (tertiary/aromatic N) is 1. The zero-order valence-electron chi connectivity index (χ0n) is 13.4. The maximum Gasteiger partial charge on any atom is 0.240 e. The molecule has 5 nitrogen and oxygen atoms in total. The van der Waals surface area contributed by atoms with Gasteiger partial charge in [0, 0.05) is 6.54 Å². The summed E-state index contributed by atoms with van der Waals surface area (Å²) < 4.78 is 0. The van der Waals surface area contributed by atoms with Crippen LogP contribution < -0.4 is 5.32 Å². The Hall–Kier alpha value is -2.43. The minimum Gasteiger partial charge on any atom is -0.350 e. The van der Waals surface area contributed by atoms with Crippen molar-refractivity contribution in [3.8, 4) is 0 Å². The highest BCUT2D eigenvalue weighted by Gasteiger charge is 2.56. The predicted molar refractivity (Wildman–Crippen MR) is 87.3 cm³/mol. The lowest BCUT2D eigenvalue weighted by atomic mass is 9.63. The molecule has 24 heavy (non-hydrogen) atoms. The van der Waals surface area contributed by atoms with Gasteiger partial charge in [0.2, 0.25) is 17.7 Å². The van der Waals surface area contributed by atoms with Gasteiger partial charge in [-0.05, 0) is 30.2 Å². The minimum absolute atomic E-state index is 0.161. The number of rotatable bonds is 4. The summed E-state index contributed by atoms with van der Waals surface area (Å²) in [5.41, 5.74) is 0.987. The first kappa shape index (κ1) is 15.1. The van der Waals surface area contributed by atoms with E-state index < -0.39 is 0 Å². The molecule has 0 unspecified atom stereocenters. The lowest BCUT2D eigenvalue weighted by molar-refractivity contribution is -0.143. The van der Waals surface area contributed by atoms with Crippen molar-refractivity contribution in [2.45, 2.75) is 19.4 Å². The molecule has 0 aromatic heterocycles. The summed E-state index contributed by atoms with van der Waals surface area (Å²) in [6.45, 7) is 0.229. The molecule has 124 valence electrons. The Bertz CT molecular complexity index is 681. The van der Waals surface area contributed by atoms with Gasteiger partial charge in [-0.25, -0.2) is 0 Å². The summed E-state index contributed by atoms with van der Waals surface area (Å²) in [6, 6.07) is 9.57. The van der Waals surface area contributed by atoms with Crippen LogP contribution in [0.4, 0.5) is 0 Å². The molecule has 5 heteroatoms. The molecular weight excluding hydrogens is 304 g/mol. The van der Waals surface area contributed by atoms with E-state index in [-0.39, 0.29) is 47.9 Å². The summed E-state index contributed by atoms with van der Waals surface area (Å²) >= 11 is 0. The van der Waals surface area contributed by atoms with Crippen LogP contribution in [0.3, 0.4) is 0 Å². The van der Waals surface area contributed by atoms with E-state index in [1.165, 1.54) is 4.90 Å². The number of allylic oxidation sites excluding steroid dienone is 2. The number of benzene rings is 1. The lowest BCUT2D eigenvalue weighted by Crippen LogP contribution is -2.41. The third-order valence-corrected chi connectivity index (χ3v) is 5.48. The zero-order chi connectivity index (χ0) is 16.7. The second-order valence-corrected chi connectivity index (χ2v) is 6.87. The van der Waals surface area contributed by atoms with Crippen molar-refractivity contribution in [3.63, 3.8) is 0 Å². The van der Waals surface area contributed by atoms with Gasteiger partial charge in [0.1, 0.15) is 6.54 Å². The van der Waals surface area contributed by atoms with Crippen LogP contribution in [0.25, 0.3) is 0 Å². The number of amides is 3. The number of fused-ring (bicyclic) bond motifs is 1. The van der Waals surface area contributed by atoms with Gasteiger partial charge in [-0.15, -0.1) is 0 Å². The predicted octanol–water partition coefficient (Wildman–Crippen LogP) is 1.50. The lowest BCUT2D eigenvalue weighted by Gasteiger charge is -2.38. The summed E-state index contributed by atoms with van der Waals surface area (Å²) in [4.78, 5) is 38.6. The number of nitrogens with one attached hydrogen (secondary N) is 1. The van der Waals surface area contributed by atoms with Crippen molar-refractivity contribution in [2.24, 2.45) is 23.7 Å². The van der Waals surface area contributed by atoms with Crippen molar-refractivity contribution in [3.05, 3.63) is 48.0 Å². The molecule has 0 spiro atoms. The van der Waals surface area contributed by atoms with Gasteiger partial charge in [0.15, 0.2) is 0 Å². The molecule has 2 fully saturated rings. The highest BCUT2D eigenvalue weighted by atomic mass is 16.2. The molecule has 1 saturated carbocycles. The van der Waals surface area contributed by atoms with E-state index in [9.17, 15) is 14.4 Å². The molecule has 4 atom stereocenters. The van der Waals surface area contributed by atoms with Crippen LogP contribution in [0, 0.1) is 23.7 Å². The molecule has 1 aliphatic heterocycles. The van der Waals surface area contributed by atoms with Crippen molar-refractivity contribution in [2.75, 3.05) is 6.54 Å². The number of carbonyl (C=O) groups excluding carboxylic acids is 3. The SMILES string of the molecule is O=C(CN1C(=O)[C@@H]2[C@H](C1=O)[C@H]1C=C[C@H]2CC1)NCc1ccccc1. The molecule has 0 radical (unpaired) electrons. The van der Waals surface area contributed by atoms with E-state index in [4.69, 9.17) is 0 Å². The maximum absolute atomic E-state index is 12.6. The molecule has 1 saturated heterocycles. The van der Waals surface area contributed by atoms with Crippen molar-refractivity contribution in [1.29, 1.82) is 0 Å². The molecule has 1 heterocycles. The molecule has 1 N–H and O–H groups in total. The van der Waals surface area contributed by atoms with Crippen molar-refractivity contribution in [1.82, 2.24) is 10.2 Å². The first-order valence-electron chi connectivity index (χ1n) is 8.49. The van der Waals surface area contributed by atoms with Gasteiger partial charge in [0.05, 0.1) is 11.8 Å². The van der Waals surface area contributed by atoms with E-state index in [0.29, 0.717) is 6.54 Å². The first-order valence-corrected chi connectivity index (χ1v) is 8.49. The summed E-state index contributed by atoms with van der Waals surface area (Å²) in [6.07, 6.45) is 6.10. The van der Waals surface area contributed by atoms with Crippen molar-refractivity contribution < 1.29 is 14.4 Å². The Kier molecular flexibility index (Phi) is 3.71. The zero-order valence-corrected chi connectivity index (χ0v) is 13.4. The Morgan fingerprint density at radius 2 is 1.58 bits per heavy atom. The number of carbonyl (C=O) groups is 3. The van der Waals surface area contributed by atoms with E-state index in [1.54, 1.807) is 0 Å². The van der Waals surface area contributed by atoms with Gasteiger partial charge < -0.3 is 5.32 Å². The standard InChI is InChI=1S/C19H20N2O3/c22-15(20-10-12-4-2-1-3-5-12)11-21-18(23)16-13-6-7-14(9-8-13)17(16)19(21)24/h1-7,13-14,16-17H,8-11H2,(H,20,22)/t13-,14-,16-,17+/m0/s1. The highest BCUT2D eigenvalue weighted by Crippen LogP contribution is 2.49. The third kappa shape index (κ3) is 2.44.